The van der Waals surface area contributed by atoms with Crippen molar-refractivity contribution in [3.8, 4) is 11.1 Å². The summed E-state index contributed by atoms with van der Waals surface area (Å²) < 4.78 is 5.45. The van der Waals surface area contributed by atoms with E-state index in [0.29, 0.717) is 13.1 Å². The number of carbonyl (C=O) groups is 2. The summed E-state index contributed by atoms with van der Waals surface area (Å²) in [6.45, 7) is 4.98. The number of hydrogen-bond acceptors (Lipinski definition) is 3. The topological polar surface area (TPSA) is 58.6 Å². The van der Waals surface area contributed by atoms with E-state index in [1.807, 2.05) is 50.2 Å². The fourth-order valence-corrected chi connectivity index (χ4v) is 3.50. The number of nitrogens with zero attached hydrogens (tertiary/aromatic N) is 1. The van der Waals surface area contributed by atoms with Gasteiger partial charge in [-0.15, -0.1) is 0 Å². The van der Waals surface area contributed by atoms with Gasteiger partial charge in [0.25, 0.3) is 5.91 Å². The predicted octanol–water partition coefficient (Wildman–Crippen LogP) is 3.37. The normalized spacial score (nSPS) is 18.6. The van der Waals surface area contributed by atoms with Crippen molar-refractivity contribution in [1.82, 2.24) is 5.32 Å². The Bertz CT molecular complexity index is 873. The molecule has 0 atom stereocenters. The minimum atomic E-state index is -0.502. The average Bonchev–Trinajstić information content (AvgIpc) is 2.87. The molecular weight excluding hydrogens is 316 g/mol. The zero-order chi connectivity index (χ0) is 17.6. The van der Waals surface area contributed by atoms with Crippen molar-refractivity contribution in [2.24, 2.45) is 0 Å². The molecule has 0 saturated carbocycles. The molecule has 5 heteroatoms. The lowest BCUT2D eigenvalue weighted by Crippen LogP contribution is -2.31. The van der Waals surface area contributed by atoms with Gasteiger partial charge < -0.3 is 10.1 Å². The van der Waals surface area contributed by atoms with Gasteiger partial charge in [-0.3, -0.25) is 9.69 Å². The van der Waals surface area contributed by atoms with E-state index in [1.165, 1.54) is 0 Å². The third-order valence-electron chi connectivity index (χ3n) is 4.66. The molecule has 0 bridgehead atoms. The summed E-state index contributed by atoms with van der Waals surface area (Å²) in [5.74, 6) is -0.0223. The van der Waals surface area contributed by atoms with Crippen molar-refractivity contribution in [3.05, 3.63) is 53.6 Å². The number of hydrogen-bond donors (Lipinski definition) is 1. The highest BCUT2D eigenvalue weighted by molar-refractivity contribution is 5.99. The lowest BCUT2D eigenvalue weighted by atomic mass is 9.94. The number of anilines is 1. The molecule has 2 aliphatic heterocycles. The Hall–Kier alpha value is -2.82. The van der Waals surface area contributed by atoms with Crippen LogP contribution >= 0.6 is 0 Å². The number of ether oxygens (including phenoxy) is 1. The maximum atomic E-state index is 12.3. The molecule has 0 aliphatic carbocycles. The fourth-order valence-electron chi connectivity index (χ4n) is 3.50. The number of benzene rings is 2. The second-order valence-corrected chi connectivity index (χ2v) is 7.11. The first-order valence-corrected chi connectivity index (χ1v) is 8.46. The van der Waals surface area contributed by atoms with Crippen LogP contribution in [0.15, 0.2) is 42.5 Å². The van der Waals surface area contributed by atoms with Gasteiger partial charge in [-0.05, 0) is 43.5 Å². The van der Waals surface area contributed by atoms with Crippen molar-refractivity contribution in [1.29, 1.82) is 0 Å². The van der Waals surface area contributed by atoms with Crippen molar-refractivity contribution in [2.75, 3.05) is 18.0 Å². The quantitative estimate of drug-likeness (QED) is 0.915. The van der Waals surface area contributed by atoms with Crippen molar-refractivity contribution < 1.29 is 14.3 Å². The molecule has 2 aliphatic rings. The molecule has 4 rings (SSSR count). The number of cyclic esters (lactones) is 1. The van der Waals surface area contributed by atoms with E-state index in [0.717, 1.165) is 34.4 Å². The Labute approximate surface area is 146 Å². The summed E-state index contributed by atoms with van der Waals surface area (Å²) in [4.78, 5) is 25.9. The highest BCUT2D eigenvalue weighted by Gasteiger charge is 2.39. The van der Waals surface area contributed by atoms with E-state index in [2.05, 4.69) is 11.4 Å². The summed E-state index contributed by atoms with van der Waals surface area (Å²) in [5.41, 5.74) is 4.07. The molecule has 1 saturated heterocycles. The number of fused-ring (bicyclic) bond motifs is 1. The van der Waals surface area contributed by atoms with E-state index in [1.54, 1.807) is 4.90 Å². The van der Waals surface area contributed by atoms with Gasteiger partial charge in [-0.1, -0.05) is 30.3 Å². The van der Waals surface area contributed by atoms with Gasteiger partial charge in [-0.2, -0.15) is 0 Å². The second kappa shape index (κ2) is 5.62. The minimum absolute atomic E-state index is 0.0223. The maximum Gasteiger partial charge on any atom is 0.415 e. The van der Waals surface area contributed by atoms with E-state index >= 15 is 0 Å². The summed E-state index contributed by atoms with van der Waals surface area (Å²) in [7, 11) is 0. The number of amides is 2. The summed E-state index contributed by atoms with van der Waals surface area (Å²) in [5, 5.41) is 2.86. The van der Waals surface area contributed by atoms with Gasteiger partial charge in [0.05, 0.1) is 12.2 Å². The first-order valence-electron chi connectivity index (χ1n) is 8.46. The molecule has 0 radical (unpaired) electrons. The Morgan fingerprint density at radius 1 is 1.08 bits per heavy atom. The first-order chi connectivity index (χ1) is 11.9. The summed E-state index contributed by atoms with van der Waals surface area (Å²) >= 11 is 0. The molecule has 0 spiro atoms. The highest BCUT2D eigenvalue weighted by atomic mass is 16.6. The maximum absolute atomic E-state index is 12.3. The molecule has 2 aromatic carbocycles. The Kier molecular flexibility index (Phi) is 3.53. The highest BCUT2D eigenvalue weighted by Crippen LogP contribution is 2.36. The van der Waals surface area contributed by atoms with Gasteiger partial charge in [-0.25, -0.2) is 4.79 Å². The molecule has 128 valence electrons. The molecule has 0 unspecified atom stereocenters. The van der Waals surface area contributed by atoms with E-state index < -0.39 is 5.60 Å². The van der Waals surface area contributed by atoms with Crippen LogP contribution in [0.5, 0.6) is 0 Å². The smallest absolute Gasteiger partial charge is 0.415 e. The molecule has 2 aromatic rings. The molecule has 1 N–H and O–H groups in total. The molecule has 0 aromatic heterocycles. The van der Waals surface area contributed by atoms with Crippen LogP contribution in [0.1, 0.15) is 29.8 Å². The fraction of sp³-hybridized carbons (Fsp3) is 0.300. The number of carbonyl (C=O) groups excluding carboxylic acids is 2. The lowest BCUT2D eigenvalue weighted by Gasteiger charge is -2.21. The zero-order valence-corrected chi connectivity index (χ0v) is 14.3. The number of para-hydroxylation sites is 1. The molecular formula is C20H20N2O3. The Balaban J connectivity index is 1.78. The van der Waals surface area contributed by atoms with E-state index in [9.17, 15) is 9.59 Å². The minimum Gasteiger partial charge on any atom is -0.441 e. The van der Waals surface area contributed by atoms with Crippen LogP contribution in [0.2, 0.25) is 0 Å². The number of nitrogens with one attached hydrogen (secondary N) is 1. The lowest BCUT2D eigenvalue weighted by molar-refractivity contribution is 0.0870. The third kappa shape index (κ3) is 2.76. The van der Waals surface area contributed by atoms with Crippen LogP contribution in [-0.4, -0.2) is 30.7 Å². The van der Waals surface area contributed by atoms with Crippen LogP contribution in [-0.2, 0) is 11.2 Å². The predicted molar refractivity (Wildman–Crippen MR) is 95.8 cm³/mol. The molecule has 5 nitrogen and oxygen atoms in total. The van der Waals surface area contributed by atoms with Gasteiger partial charge in [0.1, 0.15) is 5.60 Å². The van der Waals surface area contributed by atoms with Crippen LogP contribution in [0.25, 0.3) is 11.1 Å². The van der Waals surface area contributed by atoms with Crippen LogP contribution in [0.3, 0.4) is 0 Å². The van der Waals surface area contributed by atoms with Gasteiger partial charge in [0, 0.05) is 17.7 Å². The molecule has 2 heterocycles. The molecule has 1 fully saturated rings. The summed E-state index contributed by atoms with van der Waals surface area (Å²) in [6.07, 6.45) is 0.491. The van der Waals surface area contributed by atoms with Crippen LogP contribution in [0.4, 0.5) is 10.5 Å². The Morgan fingerprint density at radius 3 is 2.64 bits per heavy atom. The average molecular weight is 336 g/mol. The van der Waals surface area contributed by atoms with Crippen molar-refractivity contribution in [3.63, 3.8) is 0 Å². The second-order valence-electron chi connectivity index (χ2n) is 7.11. The largest absolute Gasteiger partial charge is 0.441 e. The van der Waals surface area contributed by atoms with E-state index in [-0.39, 0.29) is 12.0 Å². The Morgan fingerprint density at radius 2 is 1.88 bits per heavy atom. The monoisotopic (exact) mass is 336 g/mol. The van der Waals surface area contributed by atoms with E-state index in [4.69, 9.17) is 4.74 Å². The third-order valence-corrected chi connectivity index (χ3v) is 4.66. The molecule has 25 heavy (non-hydrogen) atoms. The van der Waals surface area contributed by atoms with Crippen LogP contribution < -0.4 is 10.2 Å². The number of rotatable bonds is 2. The standard InChI is InChI=1S/C20H20N2O3/c1-20(2)12-22(19(24)25-20)17-6-4-3-5-15(17)13-7-8-16-14(11-13)9-10-21-18(16)23/h3-8,11H,9-10,12H2,1-2H3,(H,21,23). The zero-order valence-electron chi connectivity index (χ0n) is 14.3. The van der Waals surface area contributed by atoms with Gasteiger partial charge in [0.2, 0.25) is 0 Å². The summed E-state index contributed by atoms with van der Waals surface area (Å²) in [6, 6.07) is 13.7. The van der Waals surface area contributed by atoms with Gasteiger partial charge in [0.15, 0.2) is 0 Å². The SMILES string of the molecule is CC1(C)CN(c2ccccc2-c2ccc3c(c2)CCNC3=O)C(=O)O1. The van der Waals surface area contributed by atoms with Gasteiger partial charge >= 0.3 is 6.09 Å². The van der Waals surface area contributed by atoms with Crippen LogP contribution in [0, 0.1) is 0 Å². The first kappa shape index (κ1) is 15.7. The van der Waals surface area contributed by atoms with Crippen molar-refractivity contribution in [2.45, 2.75) is 25.9 Å². The molecule has 2 amide bonds. The van der Waals surface area contributed by atoms with Crippen molar-refractivity contribution >= 4 is 17.7 Å².